The average molecular weight is 262 g/mol. The number of hydrazone groups is 1. The molecule has 4 heteroatoms. The van der Waals surface area contributed by atoms with Crippen LogP contribution in [0.5, 0.6) is 0 Å². The topological polar surface area (TPSA) is 42.2 Å². The number of hydrogen-bond acceptors (Lipinski definition) is 3. The number of nitrogens with one attached hydrogen (secondary N) is 1. The summed E-state index contributed by atoms with van der Waals surface area (Å²) in [4.78, 5) is 4.03. The summed E-state index contributed by atoms with van der Waals surface area (Å²) in [5.74, 6) is 0. The third kappa shape index (κ3) is 2.92. The van der Waals surface area contributed by atoms with Crippen LogP contribution in [0.1, 0.15) is 5.56 Å². The van der Waals surface area contributed by atoms with Crippen LogP contribution in [0.25, 0.3) is 5.69 Å². The van der Waals surface area contributed by atoms with Gasteiger partial charge in [-0.3, -0.25) is 5.43 Å². The van der Waals surface area contributed by atoms with E-state index in [2.05, 4.69) is 15.5 Å². The lowest BCUT2D eigenvalue weighted by Gasteiger charge is -2.02. The Hall–Kier alpha value is -2.88. The summed E-state index contributed by atoms with van der Waals surface area (Å²) < 4.78 is 1.96. The van der Waals surface area contributed by atoms with Crippen molar-refractivity contribution < 1.29 is 0 Å². The Bertz CT molecular complexity index is 670. The molecule has 0 saturated heterocycles. The molecule has 0 fully saturated rings. The van der Waals surface area contributed by atoms with Gasteiger partial charge in [0.1, 0.15) is 0 Å². The fourth-order valence-corrected chi connectivity index (χ4v) is 1.84. The monoisotopic (exact) mass is 262 g/mol. The largest absolute Gasteiger partial charge is 0.306 e. The number of nitrogens with zero attached hydrogens (tertiary/aromatic N) is 3. The molecule has 98 valence electrons. The number of aromatic nitrogens is 2. The van der Waals surface area contributed by atoms with Crippen molar-refractivity contribution >= 4 is 11.9 Å². The lowest BCUT2D eigenvalue weighted by molar-refractivity contribution is 1.06. The average Bonchev–Trinajstić information content (AvgIpc) is 3.03. The molecule has 0 aliphatic rings. The smallest absolute Gasteiger partial charge is 0.0991 e. The molecular formula is C16H14N4. The van der Waals surface area contributed by atoms with Gasteiger partial charge in [-0.1, -0.05) is 30.3 Å². The van der Waals surface area contributed by atoms with Gasteiger partial charge in [0.15, 0.2) is 0 Å². The second-order valence-corrected chi connectivity index (χ2v) is 4.30. The van der Waals surface area contributed by atoms with Crippen molar-refractivity contribution in [2.45, 2.75) is 0 Å². The van der Waals surface area contributed by atoms with Crippen LogP contribution >= 0.6 is 0 Å². The van der Waals surface area contributed by atoms with E-state index in [-0.39, 0.29) is 0 Å². The SMILES string of the molecule is C(=NNc1ccccc1)c1ccc(-n2ccnc2)cc1. The molecule has 2 aromatic carbocycles. The molecule has 0 saturated carbocycles. The highest BCUT2D eigenvalue weighted by Crippen LogP contribution is 2.08. The Morgan fingerprint density at radius 1 is 1.00 bits per heavy atom. The molecule has 0 atom stereocenters. The molecule has 0 radical (unpaired) electrons. The van der Waals surface area contributed by atoms with Crippen LogP contribution in [0.15, 0.2) is 78.4 Å². The highest BCUT2D eigenvalue weighted by atomic mass is 15.3. The van der Waals surface area contributed by atoms with Gasteiger partial charge in [-0.2, -0.15) is 5.10 Å². The number of anilines is 1. The lowest BCUT2D eigenvalue weighted by Crippen LogP contribution is -1.92. The third-order valence-electron chi connectivity index (χ3n) is 2.88. The Morgan fingerprint density at radius 3 is 2.50 bits per heavy atom. The predicted molar refractivity (Wildman–Crippen MR) is 81.2 cm³/mol. The van der Waals surface area contributed by atoms with E-state index in [1.54, 1.807) is 18.7 Å². The summed E-state index contributed by atoms with van der Waals surface area (Å²) in [6, 6.07) is 18.0. The van der Waals surface area contributed by atoms with Crippen LogP contribution in [0.4, 0.5) is 5.69 Å². The molecule has 1 heterocycles. The van der Waals surface area contributed by atoms with Gasteiger partial charge in [0.25, 0.3) is 0 Å². The number of benzene rings is 2. The fraction of sp³-hybridized carbons (Fsp3) is 0. The van der Waals surface area contributed by atoms with Gasteiger partial charge in [0.05, 0.1) is 18.2 Å². The number of para-hydroxylation sites is 1. The Balaban J connectivity index is 1.66. The zero-order chi connectivity index (χ0) is 13.6. The van der Waals surface area contributed by atoms with E-state index in [4.69, 9.17) is 0 Å². The summed E-state index contributed by atoms with van der Waals surface area (Å²) in [5, 5.41) is 4.21. The molecule has 20 heavy (non-hydrogen) atoms. The van der Waals surface area contributed by atoms with Gasteiger partial charge in [0.2, 0.25) is 0 Å². The maximum Gasteiger partial charge on any atom is 0.0991 e. The van der Waals surface area contributed by atoms with Gasteiger partial charge in [-0.15, -0.1) is 0 Å². The molecule has 3 aromatic rings. The van der Waals surface area contributed by atoms with Crippen molar-refractivity contribution in [1.82, 2.24) is 9.55 Å². The second kappa shape index (κ2) is 5.84. The standard InChI is InChI=1S/C16H14N4/c1-2-4-15(5-3-1)19-18-12-14-6-8-16(9-7-14)20-11-10-17-13-20/h1-13,19H. The molecule has 0 unspecified atom stereocenters. The summed E-state index contributed by atoms with van der Waals surface area (Å²) in [5.41, 5.74) is 6.08. The van der Waals surface area contributed by atoms with E-state index >= 15 is 0 Å². The first-order valence-corrected chi connectivity index (χ1v) is 6.34. The minimum absolute atomic E-state index is 0.971. The number of rotatable bonds is 4. The van der Waals surface area contributed by atoms with Crippen LogP contribution in [0.2, 0.25) is 0 Å². The maximum absolute atomic E-state index is 4.21. The lowest BCUT2D eigenvalue weighted by atomic mass is 10.2. The van der Waals surface area contributed by atoms with Crippen LogP contribution in [0.3, 0.4) is 0 Å². The van der Waals surface area contributed by atoms with Crippen molar-refractivity contribution in [2.24, 2.45) is 5.10 Å². The minimum Gasteiger partial charge on any atom is -0.306 e. The zero-order valence-electron chi connectivity index (χ0n) is 10.8. The van der Waals surface area contributed by atoms with Crippen LogP contribution in [-0.2, 0) is 0 Å². The highest BCUT2D eigenvalue weighted by molar-refractivity contribution is 5.80. The summed E-state index contributed by atoms with van der Waals surface area (Å²) >= 11 is 0. The van der Waals surface area contributed by atoms with Crippen molar-refractivity contribution in [3.8, 4) is 5.69 Å². The highest BCUT2D eigenvalue weighted by Gasteiger charge is 1.94. The van der Waals surface area contributed by atoms with Crippen LogP contribution in [0, 0.1) is 0 Å². The summed E-state index contributed by atoms with van der Waals surface area (Å²) in [6.45, 7) is 0. The van der Waals surface area contributed by atoms with Gasteiger partial charge in [-0.25, -0.2) is 4.98 Å². The molecule has 0 aliphatic carbocycles. The molecule has 0 bridgehead atoms. The Labute approximate surface area is 117 Å². The first-order valence-electron chi connectivity index (χ1n) is 6.34. The van der Waals surface area contributed by atoms with Crippen molar-refractivity contribution in [3.05, 3.63) is 78.9 Å². The first-order chi connectivity index (χ1) is 9.92. The third-order valence-corrected chi connectivity index (χ3v) is 2.88. The van der Waals surface area contributed by atoms with E-state index in [9.17, 15) is 0 Å². The van der Waals surface area contributed by atoms with Gasteiger partial charge >= 0.3 is 0 Å². The molecule has 1 N–H and O–H groups in total. The van der Waals surface area contributed by atoms with E-state index in [1.165, 1.54) is 0 Å². The fourth-order valence-electron chi connectivity index (χ4n) is 1.84. The molecular weight excluding hydrogens is 248 g/mol. The molecule has 0 spiro atoms. The van der Waals surface area contributed by atoms with Crippen molar-refractivity contribution in [2.75, 3.05) is 5.43 Å². The Morgan fingerprint density at radius 2 is 1.80 bits per heavy atom. The van der Waals surface area contributed by atoms with Crippen LogP contribution < -0.4 is 5.43 Å². The summed E-state index contributed by atoms with van der Waals surface area (Å²) in [7, 11) is 0. The van der Waals surface area contributed by atoms with Gasteiger partial charge in [-0.05, 0) is 29.8 Å². The molecule has 1 aromatic heterocycles. The quantitative estimate of drug-likeness (QED) is 0.579. The number of hydrogen-bond donors (Lipinski definition) is 1. The molecule has 0 amide bonds. The molecule has 4 nitrogen and oxygen atoms in total. The predicted octanol–water partition coefficient (Wildman–Crippen LogP) is 3.32. The number of imidazole rings is 1. The minimum atomic E-state index is 0.971. The van der Waals surface area contributed by atoms with E-state index < -0.39 is 0 Å². The van der Waals surface area contributed by atoms with E-state index in [0.717, 1.165) is 16.9 Å². The normalized spacial score (nSPS) is 10.8. The van der Waals surface area contributed by atoms with E-state index in [1.807, 2.05) is 65.4 Å². The van der Waals surface area contributed by atoms with Crippen LogP contribution in [-0.4, -0.2) is 15.8 Å². The second-order valence-electron chi connectivity index (χ2n) is 4.30. The van der Waals surface area contributed by atoms with Gasteiger partial charge in [0, 0.05) is 18.1 Å². The zero-order valence-corrected chi connectivity index (χ0v) is 10.8. The molecule has 0 aliphatic heterocycles. The van der Waals surface area contributed by atoms with Gasteiger partial charge < -0.3 is 4.57 Å². The maximum atomic E-state index is 4.21. The Kier molecular flexibility index (Phi) is 3.55. The van der Waals surface area contributed by atoms with E-state index in [0.29, 0.717) is 0 Å². The first kappa shape index (κ1) is 12.2. The molecule has 3 rings (SSSR count). The van der Waals surface area contributed by atoms with Crippen molar-refractivity contribution in [3.63, 3.8) is 0 Å². The van der Waals surface area contributed by atoms with Crippen molar-refractivity contribution in [1.29, 1.82) is 0 Å². The summed E-state index contributed by atoms with van der Waals surface area (Å²) in [6.07, 6.45) is 7.25.